The highest BCUT2D eigenvalue weighted by atomic mass is 28.4. The van der Waals surface area contributed by atoms with Crippen LogP contribution in [0.3, 0.4) is 0 Å². The van der Waals surface area contributed by atoms with Crippen molar-refractivity contribution in [2.75, 3.05) is 20.2 Å². The van der Waals surface area contributed by atoms with Gasteiger partial charge in [0.25, 0.3) is 5.91 Å². The van der Waals surface area contributed by atoms with Gasteiger partial charge < -0.3 is 14.1 Å². The Balaban J connectivity index is 1.48. The zero-order valence-electron chi connectivity index (χ0n) is 26.1. The molecule has 3 aromatic rings. The SMILES string of the molecule is COc1cc(-c2cnn(C3CCN(C(=O)/C(C#N)=C/C(C)(C)O[Si](C)(C)C(C)(C)C)CC3)c2C)cn2ncc(C#N)c12. The van der Waals surface area contributed by atoms with Gasteiger partial charge in [0.15, 0.2) is 8.32 Å². The van der Waals surface area contributed by atoms with Gasteiger partial charge in [0, 0.05) is 36.1 Å². The fraction of sp³-hybridized carbons (Fsp3) is 0.516. The van der Waals surface area contributed by atoms with Gasteiger partial charge in [0.2, 0.25) is 0 Å². The maximum absolute atomic E-state index is 13.4. The standard InChI is InChI=1S/C31H41N7O3Si/c1-21-26(22-14-27(40-7)28-24(17-33)18-34-37(28)20-22)19-35-38(21)25-10-12-36(13-11-25)29(39)23(16-32)15-31(5,6)41-42(8,9)30(2,3)4/h14-15,18-20,25H,10-13H2,1-9H3/b23-15+. The first kappa shape index (κ1) is 31.0. The molecule has 42 heavy (non-hydrogen) atoms. The van der Waals surface area contributed by atoms with E-state index in [0.29, 0.717) is 29.9 Å². The Bertz CT molecular complexity index is 1600. The summed E-state index contributed by atoms with van der Waals surface area (Å²) in [6.07, 6.45) is 8.38. The van der Waals surface area contributed by atoms with Crippen LogP contribution in [0.2, 0.25) is 18.1 Å². The van der Waals surface area contributed by atoms with Gasteiger partial charge in [-0.2, -0.15) is 20.7 Å². The molecule has 0 radical (unpaired) electrons. The lowest BCUT2D eigenvalue weighted by Crippen LogP contribution is -2.47. The number of likely N-dealkylation sites (tertiary alicyclic amines) is 1. The van der Waals surface area contributed by atoms with Crippen LogP contribution < -0.4 is 4.74 Å². The molecule has 4 rings (SSSR count). The van der Waals surface area contributed by atoms with E-state index < -0.39 is 13.9 Å². The average molecular weight is 588 g/mol. The molecular weight excluding hydrogens is 546 g/mol. The first-order chi connectivity index (χ1) is 19.6. The van der Waals surface area contributed by atoms with Crippen LogP contribution >= 0.6 is 0 Å². The maximum Gasteiger partial charge on any atom is 0.264 e. The molecule has 0 N–H and O–H groups in total. The molecule has 0 atom stereocenters. The van der Waals surface area contributed by atoms with Crippen LogP contribution in [0.1, 0.15) is 64.8 Å². The summed E-state index contributed by atoms with van der Waals surface area (Å²) in [4.78, 5) is 15.1. The summed E-state index contributed by atoms with van der Waals surface area (Å²) in [5.41, 5.74) is 3.30. The van der Waals surface area contributed by atoms with Crippen molar-refractivity contribution in [2.24, 2.45) is 0 Å². The van der Waals surface area contributed by atoms with Crippen LogP contribution in [0.4, 0.5) is 0 Å². The maximum atomic E-state index is 13.4. The summed E-state index contributed by atoms with van der Waals surface area (Å²) in [7, 11) is -0.525. The Labute approximate surface area is 249 Å². The predicted molar refractivity (Wildman–Crippen MR) is 163 cm³/mol. The second-order valence-electron chi connectivity index (χ2n) is 13.0. The number of piperidine rings is 1. The molecule has 1 saturated heterocycles. The van der Waals surface area contributed by atoms with Gasteiger partial charge in [-0.15, -0.1) is 0 Å². The number of pyridine rings is 1. The van der Waals surface area contributed by atoms with E-state index >= 15 is 0 Å². The van der Waals surface area contributed by atoms with E-state index in [1.54, 1.807) is 22.6 Å². The minimum atomic E-state index is -2.10. The number of hydrogen-bond donors (Lipinski definition) is 0. The third-order valence-electron chi connectivity index (χ3n) is 8.54. The summed E-state index contributed by atoms with van der Waals surface area (Å²) in [6.45, 7) is 17.8. The molecule has 1 aliphatic rings. The number of amides is 1. The Morgan fingerprint density at radius 3 is 2.36 bits per heavy atom. The molecule has 0 aromatic carbocycles. The third kappa shape index (κ3) is 5.99. The van der Waals surface area contributed by atoms with Gasteiger partial charge in [0.05, 0.1) is 31.1 Å². The van der Waals surface area contributed by atoms with Crippen LogP contribution in [0.25, 0.3) is 16.6 Å². The first-order valence-corrected chi connectivity index (χ1v) is 17.2. The van der Waals surface area contributed by atoms with Crippen molar-refractivity contribution in [2.45, 2.75) is 84.2 Å². The van der Waals surface area contributed by atoms with Crippen LogP contribution in [-0.2, 0) is 9.22 Å². The third-order valence-corrected chi connectivity index (χ3v) is 13.2. The van der Waals surface area contributed by atoms with E-state index in [2.05, 4.69) is 51.1 Å². The second kappa shape index (κ2) is 11.4. The molecule has 0 spiro atoms. The molecule has 11 heteroatoms. The topological polar surface area (TPSA) is 121 Å². The quantitative estimate of drug-likeness (QED) is 0.194. The molecule has 3 aromatic heterocycles. The van der Waals surface area contributed by atoms with E-state index in [1.165, 1.54) is 6.20 Å². The molecule has 1 amide bonds. The Hall–Kier alpha value is -3.93. The smallest absolute Gasteiger partial charge is 0.264 e. The monoisotopic (exact) mass is 587 g/mol. The predicted octanol–water partition coefficient (Wildman–Crippen LogP) is 5.80. The molecule has 1 fully saturated rings. The van der Waals surface area contributed by atoms with Crippen molar-refractivity contribution >= 4 is 19.7 Å². The number of methoxy groups -OCH3 is 1. The molecule has 4 heterocycles. The van der Waals surface area contributed by atoms with Crippen LogP contribution in [-0.4, -0.2) is 64.3 Å². The van der Waals surface area contributed by atoms with Crippen LogP contribution in [0, 0.1) is 29.6 Å². The normalized spacial score (nSPS) is 15.5. The highest BCUT2D eigenvalue weighted by Gasteiger charge is 2.41. The fourth-order valence-electron chi connectivity index (χ4n) is 5.36. The van der Waals surface area contributed by atoms with E-state index in [0.717, 1.165) is 29.7 Å². The highest BCUT2D eigenvalue weighted by molar-refractivity contribution is 6.74. The number of rotatable bonds is 7. The van der Waals surface area contributed by atoms with Gasteiger partial charge in [-0.1, -0.05) is 20.8 Å². The molecule has 0 saturated carbocycles. The number of hydrogen-bond acceptors (Lipinski definition) is 7. The summed E-state index contributed by atoms with van der Waals surface area (Å²) in [5, 5.41) is 28.4. The molecule has 222 valence electrons. The summed E-state index contributed by atoms with van der Waals surface area (Å²) < 4.78 is 15.8. The lowest BCUT2D eigenvalue weighted by Gasteiger charge is -2.42. The zero-order valence-corrected chi connectivity index (χ0v) is 27.1. The summed E-state index contributed by atoms with van der Waals surface area (Å²) in [6, 6.07) is 6.31. The summed E-state index contributed by atoms with van der Waals surface area (Å²) in [5.74, 6) is 0.317. The van der Waals surface area contributed by atoms with E-state index in [9.17, 15) is 15.3 Å². The highest BCUT2D eigenvalue weighted by Crippen LogP contribution is 2.40. The molecule has 0 unspecified atom stereocenters. The van der Waals surface area contributed by atoms with E-state index in [-0.39, 0.29) is 22.6 Å². The van der Waals surface area contributed by atoms with E-state index in [4.69, 9.17) is 14.3 Å². The van der Waals surface area contributed by atoms with Crippen molar-refractivity contribution in [3.63, 3.8) is 0 Å². The lowest BCUT2D eigenvalue weighted by atomic mass is 10.0. The zero-order chi connectivity index (χ0) is 31.0. The number of carbonyl (C=O) groups is 1. The van der Waals surface area contributed by atoms with Crippen molar-refractivity contribution in [1.29, 1.82) is 10.5 Å². The number of ether oxygens (including phenoxy) is 1. The van der Waals surface area contributed by atoms with Gasteiger partial charge in [0.1, 0.15) is 34.5 Å². The minimum absolute atomic E-state index is 0.0141. The number of carbonyl (C=O) groups excluding carboxylic acids is 1. The Morgan fingerprint density at radius 2 is 1.79 bits per heavy atom. The average Bonchev–Trinajstić information content (AvgIpc) is 3.52. The molecule has 10 nitrogen and oxygen atoms in total. The van der Waals surface area contributed by atoms with E-state index in [1.807, 2.05) is 43.9 Å². The molecule has 0 bridgehead atoms. The lowest BCUT2D eigenvalue weighted by molar-refractivity contribution is -0.128. The number of fused-ring (bicyclic) bond motifs is 1. The largest absolute Gasteiger partial charge is 0.494 e. The van der Waals surface area contributed by atoms with Crippen LogP contribution in [0.15, 0.2) is 36.3 Å². The minimum Gasteiger partial charge on any atom is -0.494 e. The van der Waals surface area contributed by atoms with Crippen molar-refractivity contribution in [1.82, 2.24) is 24.3 Å². The van der Waals surface area contributed by atoms with Gasteiger partial charge in [-0.3, -0.25) is 9.48 Å². The molecular formula is C31H41N7O3Si. The van der Waals surface area contributed by atoms with Gasteiger partial charge in [-0.05, 0) is 63.9 Å². The van der Waals surface area contributed by atoms with Crippen molar-refractivity contribution in [3.8, 4) is 29.0 Å². The van der Waals surface area contributed by atoms with Crippen molar-refractivity contribution < 1.29 is 14.0 Å². The number of aromatic nitrogens is 4. The first-order valence-electron chi connectivity index (χ1n) is 14.2. The van der Waals surface area contributed by atoms with Gasteiger partial charge >= 0.3 is 0 Å². The Morgan fingerprint density at radius 1 is 1.12 bits per heavy atom. The fourth-order valence-corrected chi connectivity index (χ4v) is 7.04. The Kier molecular flexibility index (Phi) is 8.41. The van der Waals surface area contributed by atoms with Crippen molar-refractivity contribution in [3.05, 3.63) is 47.6 Å². The van der Waals surface area contributed by atoms with Crippen LogP contribution in [0.5, 0.6) is 5.75 Å². The molecule has 1 aliphatic heterocycles. The second-order valence-corrected chi connectivity index (χ2v) is 17.7. The summed E-state index contributed by atoms with van der Waals surface area (Å²) >= 11 is 0. The molecule has 0 aliphatic carbocycles. The number of nitrogens with zero attached hydrogens (tertiary/aromatic N) is 7. The number of nitriles is 2. The van der Waals surface area contributed by atoms with Gasteiger partial charge in [-0.25, -0.2) is 4.52 Å².